The maximum Gasteiger partial charge on any atom is 0.208 e. The molecule has 0 aromatic rings. The Morgan fingerprint density at radius 2 is 1.38 bits per heavy atom. The predicted molar refractivity (Wildman–Crippen MR) is 59.3 cm³/mol. The number of nitrogens with one attached hydrogen (secondary N) is 2. The topological polar surface area (TPSA) is 41.1 Å². The lowest BCUT2D eigenvalue weighted by Gasteiger charge is -2.23. The van der Waals surface area contributed by atoms with Gasteiger partial charge in [-0.3, -0.25) is 14.7 Å². The van der Waals surface area contributed by atoms with E-state index in [0.29, 0.717) is 12.1 Å². The van der Waals surface area contributed by atoms with E-state index in [-0.39, 0.29) is 0 Å². The van der Waals surface area contributed by atoms with Gasteiger partial charge in [-0.2, -0.15) is 0 Å². The Labute approximate surface area is 82.2 Å². The molecule has 0 bridgehead atoms. The summed E-state index contributed by atoms with van der Waals surface area (Å²) in [5, 5.41) is 6.23. The van der Waals surface area contributed by atoms with Crippen LogP contribution in [0.4, 0.5) is 0 Å². The molecule has 3 nitrogen and oxygen atoms in total. The van der Waals surface area contributed by atoms with E-state index in [4.69, 9.17) is 0 Å². The van der Waals surface area contributed by atoms with Gasteiger partial charge in [0.2, 0.25) is 7.44 Å². The van der Waals surface area contributed by atoms with E-state index < -0.39 is 7.44 Å². The first kappa shape index (κ1) is 13.2. The second-order valence-corrected chi connectivity index (χ2v) is 6.17. The third-order valence-corrected chi connectivity index (χ3v) is 4.03. The minimum Gasteiger partial charge on any atom is -0.290 e. The van der Waals surface area contributed by atoms with E-state index in [1.165, 1.54) is 0 Å². The van der Waals surface area contributed by atoms with Crippen molar-refractivity contribution in [2.24, 2.45) is 0 Å². The molecule has 0 amide bonds. The van der Waals surface area contributed by atoms with Crippen LogP contribution in [0.2, 0.25) is 0 Å². The molecule has 80 valence electrons. The molecule has 2 N–H and O–H groups in total. The Hall–Kier alpha value is 0.150. The molecule has 4 heteroatoms. The maximum atomic E-state index is 11.9. The van der Waals surface area contributed by atoms with Gasteiger partial charge in [-0.1, -0.05) is 13.8 Å². The average molecular weight is 206 g/mol. The number of hydrogen-bond acceptors (Lipinski definition) is 1. The molecule has 0 heterocycles. The molecule has 0 aliphatic rings. The molecule has 13 heavy (non-hydrogen) atoms. The van der Waals surface area contributed by atoms with Crippen molar-refractivity contribution >= 4 is 7.44 Å². The van der Waals surface area contributed by atoms with Crippen LogP contribution >= 0.6 is 7.44 Å². The van der Waals surface area contributed by atoms with Crippen LogP contribution < -0.4 is 10.2 Å². The van der Waals surface area contributed by atoms with Gasteiger partial charge >= 0.3 is 0 Å². The van der Waals surface area contributed by atoms with E-state index in [1.807, 2.05) is 0 Å². The van der Waals surface area contributed by atoms with Crippen molar-refractivity contribution < 1.29 is 4.57 Å². The third kappa shape index (κ3) is 6.25. The van der Waals surface area contributed by atoms with E-state index in [9.17, 15) is 4.57 Å². The van der Waals surface area contributed by atoms with Crippen LogP contribution in [-0.2, 0) is 4.57 Å². The Balaban J connectivity index is 4.00. The van der Waals surface area contributed by atoms with Crippen molar-refractivity contribution in [3.8, 4) is 0 Å². The van der Waals surface area contributed by atoms with Crippen LogP contribution in [0.1, 0.15) is 40.5 Å². The van der Waals surface area contributed by atoms with Gasteiger partial charge in [-0.15, -0.1) is 0 Å². The molecule has 0 aliphatic heterocycles. The molecule has 0 fully saturated rings. The Bertz CT molecular complexity index is 168. The summed E-state index contributed by atoms with van der Waals surface area (Å²) in [6.07, 6.45) is 2.00. The highest BCUT2D eigenvalue weighted by Gasteiger charge is 2.18. The van der Waals surface area contributed by atoms with Crippen LogP contribution in [0.15, 0.2) is 0 Å². The summed E-state index contributed by atoms with van der Waals surface area (Å²) in [7, 11) is -2.34. The number of rotatable bonds is 6. The summed E-state index contributed by atoms with van der Waals surface area (Å²) in [5.41, 5.74) is 0. The quantitative estimate of drug-likeness (QED) is 0.656. The first-order chi connectivity index (χ1) is 5.91. The molecule has 0 saturated heterocycles. The van der Waals surface area contributed by atoms with Gasteiger partial charge in [-0.05, 0) is 26.7 Å². The molecular weight excluding hydrogens is 183 g/mol. The molecule has 0 aliphatic carbocycles. The minimum atomic E-state index is -2.34. The summed E-state index contributed by atoms with van der Waals surface area (Å²) in [6.45, 7) is 10.0. The van der Waals surface area contributed by atoms with Crippen molar-refractivity contribution in [1.29, 1.82) is 0 Å². The van der Waals surface area contributed by atoms with E-state index in [2.05, 4.69) is 37.9 Å². The van der Waals surface area contributed by atoms with Crippen molar-refractivity contribution in [2.45, 2.75) is 52.6 Å². The zero-order valence-corrected chi connectivity index (χ0v) is 10.3. The monoisotopic (exact) mass is 206 g/mol. The molecule has 2 unspecified atom stereocenters. The lowest BCUT2D eigenvalue weighted by molar-refractivity contribution is 0.522. The van der Waals surface area contributed by atoms with E-state index in [0.717, 1.165) is 12.8 Å². The summed E-state index contributed by atoms with van der Waals surface area (Å²) in [4.78, 5) is 0. The standard InChI is InChI=1S/C9H23N2OP/c1-6-8(3)10-13(5,12)11-9(4)7-2/h8-9H,6-7H2,1-5H3,(H2,10,11,12). The van der Waals surface area contributed by atoms with Gasteiger partial charge in [0.15, 0.2) is 0 Å². The first-order valence-electron chi connectivity index (χ1n) is 5.04. The maximum absolute atomic E-state index is 11.9. The third-order valence-electron chi connectivity index (χ3n) is 2.16. The van der Waals surface area contributed by atoms with Crippen molar-refractivity contribution in [2.75, 3.05) is 6.66 Å². The van der Waals surface area contributed by atoms with Gasteiger partial charge in [0.05, 0.1) is 0 Å². The van der Waals surface area contributed by atoms with Gasteiger partial charge in [0.1, 0.15) is 0 Å². The van der Waals surface area contributed by atoms with E-state index in [1.54, 1.807) is 6.66 Å². The highest BCUT2D eigenvalue weighted by atomic mass is 31.2. The predicted octanol–water partition coefficient (Wildman–Crippen LogP) is 2.59. The Kier molecular flexibility index (Phi) is 5.86. The molecule has 0 aromatic carbocycles. The molecule has 0 rings (SSSR count). The zero-order chi connectivity index (χ0) is 10.5. The van der Waals surface area contributed by atoms with Crippen molar-refractivity contribution in [3.63, 3.8) is 0 Å². The largest absolute Gasteiger partial charge is 0.290 e. The van der Waals surface area contributed by atoms with Crippen molar-refractivity contribution in [1.82, 2.24) is 10.2 Å². The minimum absolute atomic E-state index is 0.312. The van der Waals surface area contributed by atoms with Gasteiger partial charge in [0, 0.05) is 18.7 Å². The van der Waals surface area contributed by atoms with E-state index >= 15 is 0 Å². The summed E-state index contributed by atoms with van der Waals surface area (Å²) >= 11 is 0. The van der Waals surface area contributed by atoms with Crippen LogP contribution in [0.5, 0.6) is 0 Å². The fourth-order valence-corrected chi connectivity index (χ4v) is 3.18. The molecule has 0 spiro atoms. The summed E-state index contributed by atoms with van der Waals surface area (Å²) in [5.74, 6) is 0. The molecule has 2 atom stereocenters. The number of hydrogen-bond donors (Lipinski definition) is 2. The van der Waals surface area contributed by atoms with Crippen LogP contribution in [0.3, 0.4) is 0 Å². The fraction of sp³-hybridized carbons (Fsp3) is 1.00. The lowest BCUT2D eigenvalue weighted by Crippen LogP contribution is -2.32. The zero-order valence-electron chi connectivity index (χ0n) is 9.42. The second-order valence-electron chi connectivity index (χ2n) is 3.80. The SMILES string of the molecule is CCC(C)NP(C)(=O)NC(C)CC. The van der Waals surface area contributed by atoms with Gasteiger partial charge in [0.25, 0.3) is 0 Å². The van der Waals surface area contributed by atoms with Crippen LogP contribution in [-0.4, -0.2) is 18.7 Å². The first-order valence-corrected chi connectivity index (χ1v) is 7.19. The summed E-state index contributed by atoms with van der Waals surface area (Å²) in [6, 6.07) is 0.625. The molecule has 0 aromatic heterocycles. The summed E-state index contributed by atoms with van der Waals surface area (Å²) < 4.78 is 11.9. The Morgan fingerprint density at radius 3 is 1.62 bits per heavy atom. The fourth-order valence-electron chi connectivity index (χ4n) is 1.06. The Morgan fingerprint density at radius 1 is 1.08 bits per heavy atom. The smallest absolute Gasteiger partial charge is 0.208 e. The second kappa shape index (κ2) is 5.79. The normalized spacial score (nSPS) is 20.7. The van der Waals surface area contributed by atoms with Crippen LogP contribution in [0.25, 0.3) is 0 Å². The van der Waals surface area contributed by atoms with Crippen molar-refractivity contribution in [3.05, 3.63) is 0 Å². The highest BCUT2D eigenvalue weighted by molar-refractivity contribution is 7.59. The molecule has 0 saturated carbocycles. The average Bonchev–Trinajstić information content (AvgIpc) is 2.02. The van der Waals surface area contributed by atoms with Gasteiger partial charge in [-0.25, -0.2) is 0 Å². The highest BCUT2D eigenvalue weighted by Crippen LogP contribution is 2.32. The van der Waals surface area contributed by atoms with Gasteiger partial charge < -0.3 is 0 Å². The molecular formula is C9H23N2OP. The molecule has 0 radical (unpaired) electrons. The van der Waals surface area contributed by atoms with Crippen LogP contribution in [0, 0.1) is 0 Å². The lowest BCUT2D eigenvalue weighted by atomic mass is 10.3.